The van der Waals surface area contributed by atoms with Crippen molar-refractivity contribution in [3.05, 3.63) is 0 Å². The molecule has 0 saturated heterocycles. The van der Waals surface area contributed by atoms with Gasteiger partial charge in [0.1, 0.15) is 0 Å². The van der Waals surface area contributed by atoms with E-state index in [2.05, 4.69) is 20.8 Å². The quantitative estimate of drug-likeness (QED) is 0.687. The minimum Gasteiger partial charge on any atom is -0.325 e. The fourth-order valence-electron chi connectivity index (χ4n) is 2.90. The summed E-state index contributed by atoms with van der Waals surface area (Å²) in [5.41, 5.74) is 7.19. The van der Waals surface area contributed by atoms with Crippen molar-refractivity contribution in [2.45, 2.75) is 52.0 Å². The van der Waals surface area contributed by atoms with Gasteiger partial charge in [-0.1, -0.05) is 27.2 Å². The van der Waals surface area contributed by atoms with Gasteiger partial charge in [-0.3, -0.25) is 0 Å². The fourth-order valence-corrected chi connectivity index (χ4v) is 2.90. The topological polar surface area (TPSA) is 26.0 Å². The fraction of sp³-hybridized carbons (Fsp3) is 1.00. The third kappa shape index (κ3) is 1.10. The molecule has 0 bridgehead atoms. The smallest absolute Gasteiger partial charge is 0.0220 e. The summed E-state index contributed by atoms with van der Waals surface area (Å²) >= 11 is 0. The van der Waals surface area contributed by atoms with Crippen LogP contribution in [0.5, 0.6) is 0 Å². The van der Waals surface area contributed by atoms with E-state index in [0.717, 1.165) is 11.8 Å². The van der Waals surface area contributed by atoms with Gasteiger partial charge in [0.25, 0.3) is 0 Å². The van der Waals surface area contributed by atoms with Crippen LogP contribution in [0.1, 0.15) is 46.5 Å². The first-order valence-electron chi connectivity index (χ1n) is 5.29. The average molecular weight is 167 g/mol. The van der Waals surface area contributed by atoms with Crippen molar-refractivity contribution in [3.63, 3.8) is 0 Å². The molecule has 0 amide bonds. The summed E-state index contributed by atoms with van der Waals surface area (Å²) in [5, 5.41) is 0. The Morgan fingerprint density at radius 1 is 1.33 bits per heavy atom. The lowest BCUT2D eigenvalue weighted by molar-refractivity contribution is 0.428. The third-order valence-corrected chi connectivity index (χ3v) is 4.00. The number of rotatable bonds is 3. The first-order valence-corrected chi connectivity index (χ1v) is 5.29. The summed E-state index contributed by atoms with van der Waals surface area (Å²) in [7, 11) is 0. The van der Waals surface area contributed by atoms with Crippen LogP contribution in [0.25, 0.3) is 0 Å². The summed E-state index contributed by atoms with van der Waals surface area (Å²) in [5.74, 6) is 1.69. The van der Waals surface area contributed by atoms with Crippen molar-refractivity contribution in [1.82, 2.24) is 0 Å². The van der Waals surface area contributed by atoms with Crippen molar-refractivity contribution in [2.75, 3.05) is 0 Å². The molecule has 1 nitrogen and oxygen atoms in total. The maximum atomic E-state index is 6.36. The van der Waals surface area contributed by atoms with E-state index < -0.39 is 0 Å². The van der Waals surface area contributed by atoms with E-state index in [9.17, 15) is 0 Å². The molecule has 0 aromatic heterocycles. The lowest BCUT2D eigenvalue weighted by atomic mass is 9.99. The lowest BCUT2D eigenvalue weighted by Crippen LogP contribution is -2.29. The van der Waals surface area contributed by atoms with Gasteiger partial charge in [-0.05, 0) is 36.5 Å². The van der Waals surface area contributed by atoms with Crippen LogP contribution in [0.2, 0.25) is 0 Å². The van der Waals surface area contributed by atoms with E-state index in [1.54, 1.807) is 0 Å². The maximum absolute atomic E-state index is 6.36. The van der Waals surface area contributed by atoms with E-state index in [0.29, 0.717) is 5.41 Å². The summed E-state index contributed by atoms with van der Waals surface area (Å²) in [6.45, 7) is 6.97. The first kappa shape index (κ1) is 8.55. The summed E-state index contributed by atoms with van der Waals surface area (Å²) in [6.07, 6.45) is 5.32. The molecule has 2 aliphatic rings. The Balaban J connectivity index is 1.91. The Hall–Kier alpha value is -0.0400. The molecule has 0 radical (unpaired) electrons. The summed E-state index contributed by atoms with van der Waals surface area (Å²) in [6, 6.07) is 0. The van der Waals surface area contributed by atoms with Crippen LogP contribution in [0.15, 0.2) is 0 Å². The molecule has 70 valence electrons. The molecule has 3 atom stereocenters. The predicted octanol–water partition coefficient (Wildman–Crippen LogP) is 2.55. The van der Waals surface area contributed by atoms with Crippen LogP contribution in [-0.2, 0) is 0 Å². The molecular formula is C11H21N. The van der Waals surface area contributed by atoms with Gasteiger partial charge >= 0.3 is 0 Å². The Kier molecular flexibility index (Phi) is 1.61. The minimum atomic E-state index is 0.263. The average Bonchev–Trinajstić information content (AvgIpc) is 2.76. The predicted molar refractivity (Wildman–Crippen MR) is 51.8 cm³/mol. The molecule has 1 heteroatoms. The molecule has 0 aromatic rings. The molecule has 2 saturated carbocycles. The van der Waals surface area contributed by atoms with Gasteiger partial charge < -0.3 is 5.73 Å². The molecule has 0 spiro atoms. The third-order valence-electron chi connectivity index (χ3n) is 4.00. The van der Waals surface area contributed by atoms with Gasteiger partial charge in [-0.15, -0.1) is 0 Å². The lowest BCUT2D eigenvalue weighted by Gasteiger charge is -2.13. The standard InChI is InChI=1S/C11H21N/c1-4-5-8-6-11(8,12)9-7-10(9,2)3/h8-9H,4-7,12H2,1-3H3. The molecule has 0 aliphatic heterocycles. The van der Waals surface area contributed by atoms with Gasteiger partial charge in [-0.2, -0.15) is 0 Å². The number of hydrogen-bond donors (Lipinski definition) is 1. The van der Waals surface area contributed by atoms with Crippen LogP contribution >= 0.6 is 0 Å². The highest BCUT2D eigenvalue weighted by Gasteiger charge is 2.66. The van der Waals surface area contributed by atoms with Gasteiger partial charge in [0, 0.05) is 5.54 Å². The van der Waals surface area contributed by atoms with Crippen molar-refractivity contribution >= 4 is 0 Å². The van der Waals surface area contributed by atoms with Crippen LogP contribution in [0.4, 0.5) is 0 Å². The number of nitrogens with two attached hydrogens (primary N) is 1. The Morgan fingerprint density at radius 3 is 2.33 bits per heavy atom. The van der Waals surface area contributed by atoms with E-state index in [1.807, 2.05) is 0 Å². The highest BCUT2D eigenvalue weighted by molar-refractivity contribution is 5.20. The highest BCUT2D eigenvalue weighted by atomic mass is 14.9. The molecular weight excluding hydrogens is 146 g/mol. The minimum absolute atomic E-state index is 0.263. The van der Waals surface area contributed by atoms with Crippen molar-refractivity contribution < 1.29 is 0 Å². The van der Waals surface area contributed by atoms with Gasteiger partial charge in [-0.25, -0.2) is 0 Å². The van der Waals surface area contributed by atoms with Gasteiger partial charge in [0.05, 0.1) is 0 Å². The maximum Gasteiger partial charge on any atom is 0.0220 e. The van der Waals surface area contributed by atoms with Crippen LogP contribution < -0.4 is 5.73 Å². The second kappa shape index (κ2) is 2.25. The largest absolute Gasteiger partial charge is 0.325 e. The summed E-state index contributed by atoms with van der Waals surface area (Å²) < 4.78 is 0. The molecule has 12 heavy (non-hydrogen) atoms. The first-order chi connectivity index (χ1) is 5.50. The molecule has 0 aromatic carbocycles. The van der Waals surface area contributed by atoms with Crippen LogP contribution in [0, 0.1) is 17.3 Å². The molecule has 3 unspecified atom stereocenters. The Morgan fingerprint density at radius 2 is 1.92 bits per heavy atom. The van der Waals surface area contributed by atoms with E-state index in [4.69, 9.17) is 5.73 Å². The zero-order chi connectivity index (χ0) is 8.98. The zero-order valence-corrected chi connectivity index (χ0v) is 8.56. The molecule has 0 heterocycles. The Labute approximate surface area is 75.7 Å². The second-order valence-electron chi connectivity index (χ2n) is 5.55. The molecule has 2 N–H and O–H groups in total. The zero-order valence-electron chi connectivity index (χ0n) is 8.56. The normalized spacial score (nSPS) is 49.0. The van der Waals surface area contributed by atoms with Gasteiger partial charge in [0.15, 0.2) is 0 Å². The molecule has 2 rings (SSSR count). The van der Waals surface area contributed by atoms with E-state index in [-0.39, 0.29) is 5.54 Å². The SMILES string of the molecule is CCCC1CC1(N)C1CC1(C)C. The van der Waals surface area contributed by atoms with Crippen LogP contribution in [-0.4, -0.2) is 5.54 Å². The van der Waals surface area contributed by atoms with Crippen molar-refractivity contribution in [2.24, 2.45) is 23.0 Å². The summed E-state index contributed by atoms with van der Waals surface area (Å²) in [4.78, 5) is 0. The molecule has 2 aliphatic carbocycles. The Bertz CT molecular complexity index is 197. The van der Waals surface area contributed by atoms with E-state index >= 15 is 0 Å². The van der Waals surface area contributed by atoms with E-state index in [1.165, 1.54) is 25.7 Å². The number of hydrogen-bond acceptors (Lipinski definition) is 1. The van der Waals surface area contributed by atoms with Crippen molar-refractivity contribution in [1.29, 1.82) is 0 Å². The van der Waals surface area contributed by atoms with Gasteiger partial charge in [0.2, 0.25) is 0 Å². The highest BCUT2D eigenvalue weighted by Crippen LogP contribution is 2.66. The van der Waals surface area contributed by atoms with Crippen LogP contribution in [0.3, 0.4) is 0 Å². The monoisotopic (exact) mass is 167 g/mol. The second-order valence-corrected chi connectivity index (χ2v) is 5.55. The van der Waals surface area contributed by atoms with Crippen molar-refractivity contribution in [3.8, 4) is 0 Å². The molecule has 2 fully saturated rings.